The molecule has 118 valence electrons. The molecule has 1 heterocycles. The van der Waals surface area contributed by atoms with Gasteiger partial charge in [-0.15, -0.1) is 0 Å². The Bertz CT molecular complexity index is 414. The van der Waals surface area contributed by atoms with Crippen LogP contribution in [-0.2, 0) is 13.0 Å². The lowest BCUT2D eigenvalue weighted by Crippen LogP contribution is -2.32. The highest BCUT2D eigenvalue weighted by Crippen LogP contribution is 2.20. The van der Waals surface area contributed by atoms with Crippen molar-refractivity contribution in [2.75, 3.05) is 13.1 Å². The maximum absolute atomic E-state index is 3.53. The van der Waals surface area contributed by atoms with Gasteiger partial charge in [-0.1, -0.05) is 51.0 Å². The number of nitrogens with zero attached hydrogens (tertiary/aromatic N) is 1. The van der Waals surface area contributed by atoms with Crippen molar-refractivity contribution in [3.05, 3.63) is 35.4 Å². The van der Waals surface area contributed by atoms with Crippen LogP contribution in [0.15, 0.2) is 24.3 Å². The van der Waals surface area contributed by atoms with E-state index < -0.39 is 0 Å². The van der Waals surface area contributed by atoms with Crippen LogP contribution in [0.4, 0.5) is 0 Å². The monoisotopic (exact) mass is 288 g/mol. The van der Waals surface area contributed by atoms with E-state index in [0.717, 1.165) is 25.6 Å². The van der Waals surface area contributed by atoms with E-state index >= 15 is 0 Å². The minimum absolute atomic E-state index is 0.572. The van der Waals surface area contributed by atoms with Crippen LogP contribution in [0.3, 0.4) is 0 Å². The topological polar surface area (TPSA) is 15.3 Å². The van der Waals surface area contributed by atoms with Crippen molar-refractivity contribution in [1.82, 2.24) is 10.2 Å². The molecule has 0 radical (unpaired) electrons. The quantitative estimate of drug-likeness (QED) is 0.851. The van der Waals surface area contributed by atoms with Crippen molar-refractivity contribution in [3.63, 3.8) is 0 Å². The molecule has 2 heteroatoms. The third-order valence-corrected chi connectivity index (χ3v) is 4.63. The van der Waals surface area contributed by atoms with Gasteiger partial charge in [-0.05, 0) is 50.4 Å². The highest BCUT2D eigenvalue weighted by Gasteiger charge is 2.17. The molecule has 0 saturated carbocycles. The predicted octanol–water partition coefficient (Wildman–Crippen LogP) is 3.99. The Morgan fingerprint density at radius 2 is 1.90 bits per heavy atom. The summed E-state index contributed by atoms with van der Waals surface area (Å²) in [5, 5.41) is 3.53. The van der Waals surface area contributed by atoms with Gasteiger partial charge in [-0.2, -0.15) is 0 Å². The van der Waals surface area contributed by atoms with Crippen LogP contribution in [0.25, 0.3) is 0 Å². The summed E-state index contributed by atoms with van der Waals surface area (Å²) in [5.41, 5.74) is 3.04. The van der Waals surface area contributed by atoms with Crippen molar-refractivity contribution >= 4 is 0 Å². The van der Waals surface area contributed by atoms with Crippen molar-refractivity contribution in [2.45, 2.75) is 71.5 Å². The molecule has 1 aliphatic rings. The largest absolute Gasteiger partial charge is 0.314 e. The fraction of sp³-hybridized carbons (Fsp3) is 0.684. The maximum atomic E-state index is 3.53. The van der Waals surface area contributed by atoms with Gasteiger partial charge in [-0.3, -0.25) is 4.90 Å². The average molecular weight is 288 g/mol. The number of rotatable bonds is 6. The van der Waals surface area contributed by atoms with Gasteiger partial charge in [0.15, 0.2) is 0 Å². The molecule has 1 aromatic rings. The zero-order valence-corrected chi connectivity index (χ0v) is 14.1. The molecule has 2 nitrogen and oxygen atoms in total. The molecule has 21 heavy (non-hydrogen) atoms. The Hall–Kier alpha value is -0.860. The Morgan fingerprint density at radius 1 is 1.14 bits per heavy atom. The molecule has 0 aliphatic carbocycles. The molecular weight excluding hydrogens is 256 g/mol. The van der Waals surface area contributed by atoms with Gasteiger partial charge in [0.2, 0.25) is 0 Å². The lowest BCUT2D eigenvalue weighted by molar-refractivity contribution is 0.204. The SMILES string of the molecule is CC(C)NCCc1ccccc1CN1CCCCCC1C. The van der Waals surface area contributed by atoms with Crippen molar-refractivity contribution in [2.24, 2.45) is 0 Å². The fourth-order valence-electron chi connectivity index (χ4n) is 3.24. The Kier molecular flexibility index (Phi) is 6.72. The van der Waals surface area contributed by atoms with E-state index in [1.54, 1.807) is 0 Å². The first-order valence-corrected chi connectivity index (χ1v) is 8.71. The second kappa shape index (κ2) is 8.55. The summed E-state index contributed by atoms with van der Waals surface area (Å²) in [7, 11) is 0. The van der Waals surface area contributed by atoms with Crippen LogP contribution in [-0.4, -0.2) is 30.1 Å². The van der Waals surface area contributed by atoms with Gasteiger partial charge in [0.25, 0.3) is 0 Å². The van der Waals surface area contributed by atoms with Gasteiger partial charge < -0.3 is 5.32 Å². The fourth-order valence-corrected chi connectivity index (χ4v) is 3.24. The molecule has 0 amide bonds. The second-order valence-electron chi connectivity index (χ2n) is 6.80. The van der Waals surface area contributed by atoms with Crippen LogP contribution >= 0.6 is 0 Å². The summed E-state index contributed by atoms with van der Waals surface area (Å²) in [6, 6.07) is 10.3. The lowest BCUT2D eigenvalue weighted by Gasteiger charge is -2.28. The smallest absolute Gasteiger partial charge is 0.0239 e. The predicted molar refractivity (Wildman–Crippen MR) is 91.6 cm³/mol. The van der Waals surface area contributed by atoms with E-state index in [4.69, 9.17) is 0 Å². The van der Waals surface area contributed by atoms with Gasteiger partial charge >= 0.3 is 0 Å². The summed E-state index contributed by atoms with van der Waals surface area (Å²) in [5.74, 6) is 0. The van der Waals surface area contributed by atoms with Gasteiger partial charge in [-0.25, -0.2) is 0 Å². The molecular formula is C19H32N2. The van der Waals surface area contributed by atoms with Crippen molar-refractivity contribution in [1.29, 1.82) is 0 Å². The molecule has 1 N–H and O–H groups in total. The molecule has 1 unspecified atom stereocenters. The molecule has 0 aromatic heterocycles. The lowest BCUT2D eigenvalue weighted by atomic mass is 10.0. The van der Waals surface area contributed by atoms with E-state index in [9.17, 15) is 0 Å². The van der Waals surface area contributed by atoms with Crippen molar-refractivity contribution < 1.29 is 0 Å². The summed E-state index contributed by atoms with van der Waals surface area (Å²) >= 11 is 0. The van der Waals surface area contributed by atoms with Gasteiger partial charge in [0.05, 0.1) is 0 Å². The molecule has 2 rings (SSSR count). The Labute approximate surface area is 130 Å². The number of hydrogen-bond donors (Lipinski definition) is 1. The number of hydrogen-bond acceptors (Lipinski definition) is 2. The number of benzene rings is 1. The number of likely N-dealkylation sites (tertiary alicyclic amines) is 1. The van der Waals surface area contributed by atoms with Crippen molar-refractivity contribution in [3.8, 4) is 0 Å². The standard InChI is InChI=1S/C19H32N2/c1-16(2)20-13-12-18-10-6-7-11-19(18)15-21-14-8-4-5-9-17(21)3/h6-7,10-11,16-17,20H,4-5,8-9,12-15H2,1-3H3. The van der Waals surface area contributed by atoms with Gasteiger partial charge in [0, 0.05) is 18.6 Å². The van der Waals surface area contributed by atoms with E-state index in [1.165, 1.54) is 43.4 Å². The molecule has 1 fully saturated rings. The third kappa shape index (κ3) is 5.44. The molecule has 1 aliphatic heterocycles. The van der Waals surface area contributed by atoms with Crippen LogP contribution in [0.1, 0.15) is 57.6 Å². The van der Waals surface area contributed by atoms with E-state index in [0.29, 0.717) is 6.04 Å². The highest BCUT2D eigenvalue weighted by molar-refractivity contribution is 5.27. The molecule has 1 aromatic carbocycles. The summed E-state index contributed by atoms with van der Waals surface area (Å²) in [6.45, 7) is 10.3. The summed E-state index contributed by atoms with van der Waals surface area (Å²) in [4.78, 5) is 2.68. The van der Waals surface area contributed by atoms with Crippen LogP contribution < -0.4 is 5.32 Å². The third-order valence-electron chi connectivity index (χ3n) is 4.63. The first-order chi connectivity index (χ1) is 10.2. The zero-order valence-electron chi connectivity index (χ0n) is 14.1. The Balaban J connectivity index is 1.98. The van der Waals surface area contributed by atoms with E-state index in [1.807, 2.05) is 0 Å². The zero-order chi connectivity index (χ0) is 15.1. The first kappa shape index (κ1) is 16.5. The summed E-state index contributed by atoms with van der Waals surface area (Å²) < 4.78 is 0. The molecule has 0 spiro atoms. The average Bonchev–Trinajstić information content (AvgIpc) is 2.66. The highest BCUT2D eigenvalue weighted by atomic mass is 15.1. The second-order valence-corrected chi connectivity index (χ2v) is 6.80. The first-order valence-electron chi connectivity index (χ1n) is 8.71. The van der Waals surface area contributed by atoms with Crippen LogP contribution in [0.5, 0.6) is 0 Å². The van der Waals surface area contributed by atoms with Crippen LogP contribution in [0.2, 0.25) is 0 Å². The molecule has 1 atom stereocenters. The van der Waals surface area contributed by atoms with Crippen LogP contribution in [0, 0.1) is 0 Å². The number of nitrogens with one attached hydrogen (secondary N) is 1. The maximum Gasteiger partial charge on any atom is 0.0239 e. The van der Waals surface area contributed by atoms with E-state index in [-0.39, 0.29) is 0 Å². The molecule has 0 bridgehead atoms. The normalized spacial score (nSPS) is 20.7. The molecule has 1 saturated heterocycles. The minimum atomic E-state index is 0.572. The Morgan fingerprint density at radius 3 is 2.67 bits per heavy atom. The minimum Gasteiger partial charge on any atom is -0.314 e. The summed E-state index contributed by atoms with van der Waals surface area (Å²) in [6.07, 6.45) is 6.66. The van der Waals surface area contributed by atoms with E-state index in [2.05, 4.69) is 55.3 Å². The van der Waals surface area contributed by atoms with Gasteiger partial charge in [0.1, 0.15) is 0 Å².